The lowest BCUT2D eigenvalue weighted by Crippen LogP contribution is -2.05. The van der Waals surface area contributed by atoms with Gasteiger partial charge in [-0.15, -0.1) is 0 Å². The smallest absolute Gasteiger partial charge is 0.0658 e. The second kappa shape index (κ2) is 5.31. The predicted molar refractivity (Wildman–Crippen MR) is 73.6 cm³/mol. The second-order valence-electron chi connectivity index (χ2n) is 5.20. The van der Waals surface area contributed by atoms with Crippen LogP contribution in [0.5, 0.6) is 0 Å². The van der Waals surface area contributed by atoms with Crippen molar-refractivity contribution in [2.24, 2.45) is 5.92 Å². The Morgan fingerprint density at radius 1 is 1.41 bits per heavy atom. The highest BCUT2D eigenvalue weighted by Gasteiger charge is 2.14. The number of rotatable bonds is 2. The van der Waals surface area contributed by atoms with Gasteiger partial charge in [-0.25, -0.2) is 0 Å². The van der Waals surface area contributed by atoms with Crippen LogP contribution in [0.15, 0.2) is 41.6 Å². The van der Waals surface area contributed by atoms with Crippen molar-refractivity contribution in [2.45, 2.75) is 40.0 Å². The fraction of sp³-hybridized carbons (Fsp3) is 0.438. The Hall–Kier alpha value is -1.37. The van der Waals surface area contributed by atoms with E-state index in [4.69, 9.17) is 0 Å². The molecule has 0 fully saturated rings. The maximum atomic E-state index is 4.40. The summed E-state index contributed by atoms with van der Waals surface area (Å²) < 4.78 is 0. The maximum absolute atomic E-state index is 4.40. The van der Waals surface area contributed by atoms with E-state index in [-0.39, 0.29) is 0 Å². The van der Waals surface area contributed by atoms with Crippen molar-refractivity contribution in [1.29, 1.82) is 0 Å². The number of hydrogen-bond acceptors (Lipinski definition) is 1. The molecule has 0 amide bonds. The number of aromatic nitrogens is 1. The van der Waals surface area contributed by atoms with Crippen LogP contribution in [0.25, 0.3) is 5.57 Å². The SMILES string of the molecule is CC1=C(/C=C(\C)c2ccccn2)CC(C)CC1. The molecule has 0 saturated carbocycles. The van der Waals surface area contributed by atoms with Crippen LogP contribution in [0.1, 0.15) is 45.7 Å². The van der Waals surface area contributed by atoms with Gasteiger partial charge in [-0.3, -0.25) is 4.98 Å². The van der Waals surface area contributed by atoms with Crippen LogP contribution in [-0.2, 0) is 0 Å². The first kappa shape index (κ1) is 12.1. The van der Waals surface area contributed by atoms with Gasteiger partial charge in [-0.1, -0.05) is 24.6 Å². The molecule has 0 aliphatic heterocycles. The number of hydrogen-bond donors (Lipinski definition) is 0. The molecule has 90 valence electrons. The van der Waals surface area contributed by atoms with Crippen molar-refractivity contribution in [1.82, 2.24) is 4.98 Å². The van der Waals surface area contributed by atoms with Gasteiger partial charge >= 0.3 is 0 Å². The largest absolute Gasteiger partial charge is 0.257 e. The van der Waals surface area contributed by atoms with Crippen molar-refractivity contribution in [2.75, 3.05) is 0 Å². The summed E-state index contributed by atoms with van der Waals surface area (Å²) in [6.45, 7) is 6.77. The van der Waals surface area contributed by atoms with Gasteiger partial charge in [0.2, 0.25) is 0 Å². The summed E-state index contributed by atoms with van der Waals surface area (Å²) in [5, 5.41) is 0. The summed E-state index contributed by atoms with van der Waals surface area (Å²) in [5.74, 6) is 0.821. The standard InChI is InChI=1S/C16H21N/c1-12-7-8-13(2)15(10-12)11-14(3)16-6-4-5-9-17-16/h4-6,9,11-12H,7-8,10H2,1-3H3/b14-11+. The minimum absolute atomic E-state index is 0.821. The monoisotopic (exact) mass is 227 g/mol. The molecule has 2 rings (SSSR count). The fourth-order valence-corrected chi connectivity index (χ4v) is 2.39. The molecule has 1 heteroatoms. The average Bonchev–Trinajstić information content (AvgIpc) is 2.35. The highest BCUT2D eigenvalue weighted by Crippen LogP contribution is 2.31. The Balaban J connectivity index is 2.24. The average molecular weight is 227 g/mol. The van der Waals surface area contributed by atoms with Crippen LogP contribution in [0.2, 0.25) is 0 Å². The molecule has 0 aromatic carbocycles. The molecule has 1 aromatic heterocycles. The van der Waals surface area contributed by atoms with Crippen molar-refractivity contribution >= 4 is 5.57 Å². The summed E-state index contributed by atoms with van der Waals surface area (Å²) >= 11 is 0. The molecule has 1 nitrogen and oxygen atoms in total. The Labute approximate surface area is 104 Å². The zero-order valence-electron chi connectivity index (χ0n) is 11.0. The van der Waals surface area contributed by atoms with E-state index in [2.05, 4.69) is 37.9 Å². The third-order valence-corrected chi connectivity index (χ3v) is 3.59. The highest BCUT2D eigenvalue weighted by molar-refractivity contribution is 5.63. The predicted octanol–water partition coefficient (Wildman–Crippen LogP) is 4.62. The minimum atomic E-state index is 0.821. The zero-order chi connectivity index (χ0) is 12.3. The summed E-state index contributed by atoms with van der Waals surface area (Å²) in [5.41, 5.74) is 5.44. The van der Waals surface area contributed by atoms with E-state index in [1.54, 1.807) is 5.57 Å². The first-order chi connectivity index (χ1) is 8.16. The topological polar surface area (TPSA) is 12.9 Å². The third kappa shape index (κ3) is 3.06. The van der Waals surface area contributed by atoms with Crippen molar-refractivity contribution in [3.63, 3.8) is 0 Å². The Bertz CT molecular complexity index is 440. The lowest BCUT2D eigenvalue weighted by molar-refractivity contribution is 0.502. The van der Waals surface area contributed by atoms with Crippen molar-refractivity contribution in [3.8, 4) is 0 Å². The summed E-state index contributed by atoms with van der Waals surface area (Å²) in [4.78, 5) is 4.40. The molecule has 0 N–H and O–H groups in total. The zero-order valence-corrected chi connectivity index (χ0v) is 11.0. The Morgan fingerprint density at radius 2 is 2.24 bits per heavy atom. The molecule has 1 unspecified atom stereocenters. The molecule has 1 aromatic rings. The Kier molecular flexibility index (Phi) is 3.78. The van der Waals surface area contributed by atoms with Gasteiger partial charge in [-0.2, -0.15) is 0 Å². The van der Waals surface area contributed by atoms with Gasteiger partial charge in [0.15, 0.2) is 0 Å². The normalized spacial score (nSPS) is 21.8. The van der Waals surface area contributed by atoms with Gasteiger partial charge in [0.1, 0.15) is 0 Å². The van der Waals surface area contributed by atoms with Crippen LogP contribution in [0.4, 0.5) is 0 Å². The minimum Gasteiger partial charge on any atom is -0.257 e. The van der Waals surface area contributed by atoms with E-state index in [1.807, 2.05) is 18.3 Å². The lowest BCUT2D eigenvalue weighted by atomic mass is 9.84. The number of nitrogens with zero attached hydrogens (tertiary/aromatic N) is 1. The molecule has 1 aliphatic rings. The van der Waals surface area contributed by atoms with Crippen LogP contribution in [-0.4, -0.2) is 4.98 Å². The fourth-order valence-electron chi connectivity index (χ4n) is 2.39. The first-order valence-corrected chi connectivity index (χ1v) is 6.45. The van der Waals surface area contributed by atoms with Crippen molar-refractivity contribution < 1.29 is 0 Å². The molecule has 1 atom stereocenters. The molecule has 1 heterocycles. The van der Waals surface area contributed by atoms with E-state index < -0.39 is 0 Å². The van der Waals surface area contributed by atoms with Gasteiger partial charge in [0.25, 0.3) is 0 Å². The lowest BCUT2D eigenvalue weighted by Gasteiger charge is -2.21. The van der Waals surface area contributed by atoms with Crippen LogP contribution in [0.3, 0.4) is 0 Å². The first-order valence-electron chi connectivity index (χ1n) is 6.45. The Morgan fingerprint density at radius 3 is 2.94 bits per heavy atom. The molecular formula is C16H21N. The molecule has 0 radical (unpaired) electrons. The number of pyridine rings is 1. The molecule has 1 aliphatic carbocycles. The molecule has 0 bridgehead atoms. The van der Waals surface area contributed by atoms with E-state index in [1.165, 1.54) is 30.4 Å². The molecule has 0 saturated heterocycles. The summed E-state index contributed by atoms with van der Waals surface area (Å²) in [6.07, 6.45) is 8.00. The van der Waals surface area contributed by atoms with Crippen molar-refractivity contribution in [3.05, 3.63) is 47.3 Å². The molecular weight excluding hydrogens is 206 g/mol. The van der Waals surface area contributed by atoms with E-state index in [0.717, 1.165) is 11.6 Å². The molecule has 17 heavy (non-hydrogen) atoms. The quantitative estimate of drug-likeness (QED) is 0.718. The van der Waals surface area contributed by atoms with E-state index >= 15 is 0 Å². The summed E-state index contributed by atoms with van der Waals surface area (Å²) in [7, 11) is 0. The molecule has 0 spiro atoms. The third-order valence-electron chi connectivity index (χ3n) is 3.59. The van der Waals surface area contributed by atoms with Crippen LogP contribution >= 0.6 is 0 Å². The van der Waals surface area contributed by atoms with Gasteiger partial charge < -0.3 is 0 Å². The van der Waals surface area contributed by atoms with Gasteiger partial charge in [0.05, 0.1) is 5.69 Å². The van der Waals surface area contributed by atoms with Crippen LogP contribution < -0.4 is 0 Å². The summed E-state index contributed by atoms with van der Waals surface area (Å²) in [6, 6.07) is 6.09. The van der Waals surface area contributed by atoms with Gasteiger partial charge in [-0.05, 0) is 62.3 Å². The van der Waals surface area contributed by atoms with Gasteiger partial charge in [0, 0.05) is 6.20 Å². The second-order valence-corrected chi connectivity index (χ2v) is 5.20. The highest BCUT2D eigenvalue weighted by atomic mass is 14.7. The van der Waals surface area contributed by atoms with E-state index in [9.17, 15) is 0 Å². The van der Waals surface area contributed by atoms with Crippen LogP contribution in [0, 0.1) is 5.92 Å². The maximum Gasteiger partial charge on any atom is 0.0658 e. The van der Waals surface area contributed by atoms with E-state index in [0.29, 0.717) is 0 Å². The number of allylic oxidation sites excluding steroid dienone is 4.